The van der Waals surface area contributed by atoms with Crippen LogP contribution in [-0.4, -0.2) is 42.8 Å². The first-order valence-electron chi connectivity index (χ1n) is 9.59. The molecule has 7 heteroatoms. The highest BCUT2D eigenvalue weighted by Gasteiger charge is 2.58. The van der Waals surface area contributed by atoms with E-state index in [9.17, 15) is 22.8 Å². The molecule has 3 aliphatic rings. The molecule has 1 aromatic carbocycles. The Bertz CT molecular complexity index is 745. The first kappa shape index (κ1) is 18.5. The number of rotatable bonds is 3. The van der Waals surface area contributed by atoms with Crippen LogP contribution < -0.4 is 5.32 Å². The molecule has 0 aromatic heterocycles. The number of carbonyl (C=O) groups excluding carboxylic acids is 2. The van der Waals surface area contributed by atoms with E-state index in [0.29, 0.717) is 38.1 Å². The Morgan fingerprint density at radius 2 is 1.63 bits per heavy atom. The lowest BCUT2D eigenvalue weighted by molar-refractivity contribution is -0.134. The summed E-state index contributed by atoms with van der Waals surface area (Å²) in [6, 6.07) is 1.06. The van der Waals surface area contributed by atoms with Crippen LogP contribution in [0.3, 0.4) is 0 Å². The molecule has 1 atom stereocenters. The second kappa shape index (κ2) is 6.93. The second-order valence-electron chi connectivity index (χ2n) is 8.08. The lowest BCUT2D eigenvalue weighted by Crippen LogP contribution is -2.42. The zero-order valence-electron chi connectivity index (χ0n) is 15.1. The highest BCUT2D eigenvalue weighted by atomic mass is 19.1. The van der Waals surface area contributed by atoms with Gasteiger partial charge in [-0.1, -0.05) is 0 Å². The third kappa shape index (κ3) is 3.37. The minimum Gasteiger partial charge on any atom is -0.342 e. The van der Waals surface area contributed by atoms with Gasteiger partial charge in [0.05, 0.1) is 5.56 Å². The van der Waals surface area contributed by atoms with Crippen LogP contribution in [0.2, 0.25) is 0 Å². The van der Waals surface area contributed by atoms with E-state index in [4.69, 9.17) is 0 Å². The zero-order chi connectivity index (χ0) is 19.2. The van der Waals surface area contributed by atoms with Gasteiger partial charge in [-0.25, -0.2) is 13.2 Å². The quantitative estimate of drug-likeness (QED) is 0.821. The fraction of sp³-hybridized carbons (Fsp3) is 0.600. The first-order chi connectivity index (χ1) is 12.9. The number of likely N-dealkylation sites (tertiary alicyclic amines) is 1. The van der Waals surface area contributed by atoms with Gasteiger partial charge in [0.2, 0.25) is 5.91 Å². The highest BCUT2D eigenvalue weighted by molar-refractivity contribution is 5.98. The van der Waals surface area contributed by atoms with E-state index in [1.165, 1.54) is 0 Å². The van der Waals surface area contributed by atoms with E-state index in [0.717, 1.165) is 32.4 Å². The molecule has 27 heavy (non-hydrogen) atoms. The molecule has 1 amide bonds. The molecule has 1 unspecified atom stereocenters. The summed E-state index contributed by atoms with van der Waals surface area (Å²) in [5, 5.41) is 3.32. The van der Waals surface area contributed by atoms with Crippen molar-refractivity contribution < 1.29 is 22.8 Å². The molecule has 2 aliphatic heterocycles. The van der Waals surface area contributed by atoms with Crippen molar-refractivity contribution in [2.75, 3.05) is 26.2 Å². The van der Waals surface area contributed by atoms with Gasteiger partial charge < -0.3 is 10.2 Å². The molecule has 1 spiro atoms. The maximum absolute atomic E-state index is 13.9. The number of piperidine rings is 2. The molecule has 1 aromatic rings. The van der Waals surface area contributed by atoms with Crippen molar-refractivity contribution in [3.63, 3.8) is 0 Å². The lowest BCUT2D eigenvalue weighted by Gasteiger charge is -2.33. The molecule has 0 radical (unpaired) electrons. The maximum Gasteiger partial charge on any atom is 0.226 e. The average Bonchev–Trinajstić information content (AvgIpc) is 3.33. The summed E-state index contributed by atoms with van der Waals surface area (Å²) in [5.74, 6) is -4.32. The molecule has 3 fully saturated rings. The van der Waals surface area contributed by atoms with Crippen molar-refractivity contribution in [1.29, 1.82) is 0 Å². The van der Waals surface area contributed by atoms with Gasteiger partial charge in [0.25, 0.3) is 0 Å². The summed E-state index contributed by atoms with van der Waals surface area (Å²) >= 11 is 0. The van der Waals surface area contributed by atoms with Crippen molar-refractivity contribution in [2.45, 2.75) is 32.1 Å². The molecule has 146 valence electrons. The molecule has 4 rings (SSSR count). The number of ketones is 1. The van der Waals surface area contributed by atoms with E-state index in [-0.39, 0.29) is 17.2 Å². The monoisotopic (exact) mass is 380 g/mol. The van der Waals surface area contributed by atoms with Crippen molar-refractivity contribution in [1.82, 2.24) is 10.2 Å². The number of hydrogen-bond acceptors (Lipinski definition) is 3. The zero-order valence-corrected chi connectivity index (χ0v) is 15.1. The van der Waals surface area contributed by atoms with Crippen molar-refractivity contribution in [3.05, 3.63) is 35.1 Å². The lowest BCUT2D eigenvalue weighted by atomic mass is 9.87. The molecule has 0 bridgehead atoms. The normalized spacial score (nSPS) is 24.9. The molecular weight excluding hydrogens is 357 g/mol. The molecule has 1 saturated carbocycles. The van der Waals surface area contributed by atoms with Gasteiger partial charge in [-0.05, 0) is 50.6 Å². The van der Waals surface area contributed by atoms with Gasteiger partial charge in [0, 0.05) is 37.1 Å². The highest BCUT2D eigenvalue weighted by Crippen LogP contribution is 2.59. The van der Waals surface area contributed by atoms with Crippen LogP contribution in [0, 0.1) is 34.7 Å². The predicted octanol–water partition coefficient (Wildman–Crippen LogP) is 2.91. The van der Waals surface area contributed by atoms with Gasteiger partial charge in [0.1, 0.15) is 17.5 Å². The van der Waals surface area contributed by atoms with Crippen molar-refractivity contribution >= 4 is 11.7 Å². The van der Waals surface area contributed by atoms with E-state index in [2.05, 4.69) is 5.32 Å². The van der Waals surface area contributed by atoms with Crippen LogP contribution in [0.25, 0.3) is 0 Å². The van der Waals surface area contributed by atoms with Crippen LogP contribution in [0.4, 0.5) is 13.2 Å². The smallest absolute Gasteiger partial charge is 0.226 e. The minimum atomic E-state index is -1.16. The largest absolute Gasteiger partial charge is 0.342 e. The fourth-order valence-electron chi connectivity index (χ4n) is 4.74. The van der Waals surface area contributed by atoms with Crippen LogP contribution in [-0.2, 0) is 4.79 Å². The molecule has 1 aliphatic carbocycles. The molecular formula is C20H23F3N2O2. The van der Waals surface area contributed by atoms with E-state index in [1.54, 1.807) is 4.90 Å². The van der Waals surface area contributed by atoms with E-state index >= 15 is 0 Å². The van der Waals surface area contributed by atoms with E-state index < -0.39 is 34.7 Å². The number of Topliss-reactive ketones (excluding diaryl/α,β-unsaturated/α-hetero) is 1. The standard InChI is InChI=1S/C20H23F3N2O2/c21-13-9-15(22)17(16(23)10-13)18(26)12-1-7-25(8-2-12)19(27)14-11-20(14)3-5-24-6-4-20/h9-10,12,14,24H,1-8,11H2. The first-order valence-corrected chi connectivity index (χ1v) is 9.59. The predicted molar refractivity (Wildman–Crippen MR) is 92.6 cm³/mol. The molecule has 2 saturated heterocycles. The third-order valence-electron chi connectivity index (χ3n) is 6.52. The Balaban J connectivity index is 1.37. The number of nitrogens with zero attached hydrogens (tertiary/aromatic N) is 1. The van der Waals surface area contributed by atoms with Crippen LogP contribution >= 0.6 is 0 Å². The summed E-state index contributed by atoms with van der Waals surface area (Å²) in [5.41, 5.74) is -0.507. The number of nitrogens with one attached hydrogen (secondary N) is 1. The number of benzene rings is 1. The van der Waals surface area contributed by atoms with E-state index in [1.807, 2.05) is 0 Å². The molecule has 1 N–H and O–H groups in total. The van der Waals surface area contributed by atoms with Crippen LogP contribution in [0.15, 0.2) is 12.1 Å². The fourth-order valence-corrected chi connectivity index (χ4v) is 4.74. The van der Waals surface area contributed by atoms with Gasteiger partial charge in [-0.15, -0.1) is 0 Å². The van der Waals surface area contributed by atoms with Gasteiger partial charge in [-0.3, -0.25) is 9.59 Å². The topological polar surface area (TPSA) is 49.4 Å². The number of halogens is 3. The summed E-state index contributed by atoms with van der Waals surface area (Å²) in [7, 11) is 0. The summed E-state index contributed by atoms with van der Waals surface area (Å²) in [6.07, 6.45) is 3.76. The Kier molecular flexibility index (Phi) is 4.74. The Hall–Kier alpha value is -1.89. The molecule has 2 heterocycles. The Labute approximate surface area is 156 Å². The van der Waals surface area contributed by atoms with Crippen LogP contribution in [0.1, 0.15) is 42.5 Å². The molecule has 4 nitrogen and oxygen atoms in total. The van der Waals surface area contributed by atoms with Gasteiger partial charge in [-0.2, -0.15) is 0 Å². The Morgan fingerprint density at radius 1 is 1.04 bits per heavy atom. The number of hydrogen-bond donors (Lipinski definition) is 1. The minimum absolute atomic E-state index is 0.0823. The third-order valence-corrected chi connectivity index (χ3v) is 6.52. The summed E-state index contributed by atoms with van der Waals surface area (Å²) in [4.78, 5) is 27.1. The second-order valence-corrected chi connectivity index (χ2v) is 8.08. The average molecular weight is 380 g/mol. The summed E-state index contributed by atoms with van der Waals surface area (Å²) in [6.45, 7) is 2.75. The van der Waals surface area contributed by atoms with Crippen LogP contribution in [0.5, 0.6) is 0 Å². The number of amides is 1. The maximum atomic E-state index is 13.9. The van der Waals surface area contributed by atoms with Crippen molar-refractivity contribution in [3.8, 4) is 0 Å². The Morgan fingerprint density at radius 3 is 2.22 bits per heavy atom. The van der Waals surface area contributed by atoms with Gasteiger partial charge in [0.15, 0.2) is 5.78 Å². The summed E-state index contributed by atoms with van der Waals surface area (Å²) < 4.78 is 40.8. The van der Waals surface area contributed by atoms with Crippen molar-refractivity contribution in [2.24, 2.45) is 17.3 Å². The number of carbonyl (C=O) groups is 2. The SMILES string of the molecule is O=C(c1c(F)cc(F)cc1F)C1CCN(C(=O)C2CC23CCNCC3)CC1. The van der Waals surface area contributed by atoms with Gasteiger partial charge >= 0.3 is 0 Å².